The molecule has 12 heteroatoms. The van der Waals surface area contributed by atoms with Crippen LogP contribution < -0.4 is 15.1 Å². The molecule has 1 fully saturated rings. The molecule has 2 atom stereocenters. The number of rotatable bonds is 7. The van der Waals surface area contributed by atoms with Crippen LogP contribution in [0.15, 0.2) is 48.5 Å². The van der Waals surface area contributed by atoms with Gasteiger partial charge in [0.25, 0.3) is 5.91 Å². The monoisotopic (exact) mass is 683 g/mol. The van der Waals surface area contributed by atoms with Crippen LogP contribution in [-0.4, -0.2) is 73.7 Å². The molecule has 1 heterocycles. The first kappa shape index (κ1) is 38.4. The number of hydrogen-bond acceptors (Lipinski definition) is 8. The molecule has 11 nitrogen and oxygen atoms in total. The maximum absolute atomic E-state index is 13.5. The van der Waals surface area contributed by atoms with Crippen molar-refractivity contribution in [1.29, 1.82) is 0 Å². The van der Waals surface area contributed by atoms with Crippen molar-refractivity contribution < 1.29 is 37.8 Å². The minimum absolute atomic E-state index is 0.0218. The number of benzene rings is 2. The first-order valence-electron chi connectivity index (χ1n) is 16.4. The van der Waals surface area contributed by atoms with E-state index in [1.54, 1.807) is 90.1 Å². The van der Waals surface area contributed by atoms with Crippen LogP contribution in [0.3, 0.4) is 0 Å². The zero-order chi connectivity index (χ0) is 36.1. The third kappa shape index (κ3) is 11.6. The molecule has 1 aliphatic rings. The Morgan fingerprint density at radius 3 is 1.90 bits per heavy atom. The predicted molar refractivity (Wildman–Crippen MR) is 188 cm³/mol. The number of amides is 3. The summed E-state index contributed by atoms with van der Waals surface area (Å²) in [6.07, 6.45) is -0.902. The summed E-state index contributed by atoms with van der Waals surface area (Å²) in [6, 6.07) is 12.5. The lowest BCUT2D eigenvalue weighted by Gasteiger charge is -2.36. The first-order valence-corrected chi connectivity index (χ1v) is 19.3. The zero-order valence-electron chi connectivity index (χ0n) is 30.3. The number of anilines is 1. The van der Waals surface area contributed by atoms with E-state index in [0.29, 0.717) is 36.4 Å². The fourth-order valence-electron chi connectivity index (χ4n) is 4.59. The fourth-order valence-corrected chi connectivity index (χ4v) is 5.62. The molecule has 0 radical (unpaired) electrons. The minimum Gasteiger partial charge on any atom is -0.544 e. The van der Waals surface area contributed by atoms with E-state index in [-0.39, 0.29) is 23.1 Å². The van der Waals surface area contributed by atoms with Crippen LogP contribution in [-0.2, 0) is 14.2 Å². The molecule has 48 heavy (non-hydrogen) atoms. The summed E-state index contributed by atoms with van der Waals surface area (Å²) in [5, 5.41) is 5.67. The summed E-state index contributed by atoms with van der Waals surface area (Å²) in [7, 11) is -2.06. The summed E-state index contributed by atoms with van der Waals surface area (Å²) in [4.78, 5) is 53.6. The Balaban J connectivity index is 1.78. The van der Waals surface area contributed by atoms with Crippen LogP contribution in [0.5, 0.6) is 5.75 Å². The summed E-state index contributed by atoms with van der Waals surface area (Å²) in [5.74, 6) is -0.271. The number of esters is 1. The molecule has 0 unspecified atom stereocenters. The van der Waals surface area contributed by atoms with Crippen molar-refractivity contribution in [3.63, 3.8) is 0 Å². The van der Waals surface area contributed by atoms with E-state index in [1.807, 2.05) is 0 Å². The Morgan fingerprint density at radius 2 is 1.35 bits per heavy atom. The molecule has 0 spiro atoms. The number of nitrogens with zero attached hydrogens (tertiary/aromatic N) is 1. The lowest BCUT2D eigenvalue weighted by molar-refractivity contribution is 0.0127. The Morgan fingerprint density at radius 1 is 0.792 bits per heavy atom. The van der Waals surface area contributed by atoms with Crippen molar-refractivity contribution in [3.05, 3.63) is 59.7 Å². The van der Waals surface area contributed by atoms with Gasteiger partial charge in [-0.3, -0.25) is 10.1 Å². The number of nitrogens with one attached hydrogen (secondary N) is 2. The highest BCUT2D eigenvalue weighted by Crippen LogP contribution is 2.37. The number of ether oxygens (including phenoxy) is 3. The van der Waals surface area contributed by atoms with Crippen molar-refractivity contribution in [2.75, 3.05) is 18.4 Å². The molecule has 1 saturated heterocycles. The smallest absolute Gasteiger partial charge is 0.412 e. The minimum atomic E-state index is -2.06. The molecule has 264 valence electrons. The highest BCUT2D eigenvalue weighted by atomic mass is 28.4. The van der Waals surface area contributed by atoms with Crippen LogP contribution in [0, 0.1) is 0 Å². The highest BCUT2D eigenvalue weighted by molar-refractivity contribution is 6.74. The van der Waals surface area contributed by atoms with Gasteiger partial charge in [0, 0.05) is 24.3 Å². The van der Waals surface area contributed by atoms with Gasteiger partial charge in [0.15, 0.2) is 0 Å². The van der Waals surface area contributed by atoms with E-state index < -0.39 is 49.8 Å². The van der Waals surface area contributed by atoms with Gasteiger partial charge < -0.3 is 28.9 Å². The third-order valence-electron chi connectivity index (χ3n) is 8.07. The summed E-state index contributed by atoms with van der Waals surface area (Å²) in [5.41, 5.74) is -0.231. The maximum Gasteiger partial charge on any atom is 0.412 e. The van der Waals surface area contributed by atoms with Crippen LogP contribution in [0.4, 0.5) is 15.3 Å². The molecule has 0 bridgehead atoms. The normalized spacial score (nSPS) is 17.4. The van der Waals surface area contributed by atoms with Crippen LogP contribution >= 0.6 is 0 Å². The van der Waals surface area contributed by atoms with Gasteiger partial charge in [-0.2, -0.15) is 0 Å². The topological polar surface area (TPSA) is 132 Å². The van der Waals surface area contributed by atoms with Gasteiger partial charge in [-0.05, 0) is 121 Å². The second kappa shape index (κ2) is 15.0. The first-order chi connectivity index (χ1) is 22.0. The van der Waals surface area contributed by atoms with E-state index in [1.165, 1.54) is 4.90 Å². The Kier molecular flexibility index (Phi) is 12.0. The quantitative estimate of drug-likeness (QED) is 0.172. The van der Waals surface area contributed by atoms with E-state index in [2.05, 4.69) is 44.5 Å². The van der Waals surface area contributed by atoms with Gasteiger partial charge in [0.2, 0.25) is 8.32 Å². The van der Waals surface area contributed by atoms with E-state index in [0.717, 1.165) is 0 Å². The standard InChI is InChI=1S/C36H53N3O8Si/c1-34(2,3)45-32(42)37-26-18-14-25(15-19-26)31(41)44-29-13-12-22-39(33(43)46-35(4,5)6)23-28(29)38-30(40)24-16-20-27(21-17-24)47-48(10,11)36(7,8)9/h14-21,28-29H,12-13,22-23H2,1-11H3,(H,37,42)(H,38,40)/t28-,29-/m1/s1. The second-order valence-electron chi connectivity index (χ2n) is 15.7. The Hall–Kier alpha value is -4.06. The molecule has 0 aromatic heterocycles. The molecule has 0 saturated carbocycles. The molecule has 1 aliphatic heterocycles. The van der Waals surface area contributed by atoms with E-state index in [4.69, 9.17) is 18.6 Å². The van der Waals surface area contributed by atoms with Crippen LogP contribution in [0.1, 0.15) is 95.9 Å². The second-order valence-corrected chi connectivity index (χ2v) is 20.4. The molecular weight excluding hydrogens is 630 g/mol. The average molecular weight is 684 g/mol. The van der Waals surface area contributed by atoms with E-state index >= 15 is 0 Å². The Labute approximate surface area is 286 Å². The lowest BCUT2D eigenvalue weighted by Crippen LogP contribution is -2.51. The summed E-state index contributed by atoms with van der Waals surface area (Å²) < 4.78 is 23.2. The van der Waals surface area contributed by atoms with Gasteiger partial charge in [-0.15, -0.1) is 0 Å². The molecule has 0 aliphatic carbocycles. The van der Waals surface area contributed by atoms with Gasteiger partial charge >= 0.3 is 18.2 Å². The van der Waals surface area contributed by atoms with Crippen molar-refractivity contribution in [2.45, 2.75) is 117 Å². The molecule has 3 amide bonds. The largest absolute Gasteiger partial charge is 0.544 e. The molecule has 2 N–H and O–H groups in total. The lowest BCUT2D eigenvalue weighted by atomic mass is 10.1. The van der Waals surface area contributed by atoms with Gasteiger partial charge in [-0.25, -0.2) is 14.4 Å². The van der Waals surface area contributed by atoms with Crippen molar-refractivity contribution >= 4 is 38.1 Å². The average Bonchev–Trinajstić information content (AvgIpc) is 3.13. The molecule has 3 rings (SSSR count). The van der Waals surface area contributed by atoms with Crippen LogP contribution in [0.25, 0.3) is 0 Å². The number of likely N-dealkylation sites (tertiary alicyclic amines) is 1. The third-order valence-corrected chi connectivity index (χ3v) is 12.4. The zero-order valence-corrected chi connectivity index (χ0v) is 31.3. The van der Waals surface area contributed by atoms with Crippen molar-refractivity contribution in [2.24, 2.45) is 0 Å². The summed E-state index contributed by atoms with van der Waals surface area (Å²) >= 11 is 0. The SMILES string of the molecule is CC(C)(C)OC(=O)Nc1ccc(C(=O)O[C@@H]2CCCN(C(=O)OC(C)(C)C)C[C@H]2NC(=O)c2ccc(O[Si](C)(C)C(C)(C)C)cc2)cc1. The predicted octanol–water partition coefficient (Wildman–Crippen LogP) is 7.77. The van der Waals surface area contributed by atoms with Gasteiger partial charge in [0.1, 0.15) is 23.1 Å². The fraction of sp³-hybridized carbons (Fsp3) is 0.556. The molecular formula is C36H53N3O8Si. The number of carbonyl (C=O) groups is 4. The summed E-state index contributed by atoms with van der Waals surface area (Å²) in [6.45, 7) is 21.9. The molecule has 2 aromatic carbocycles. The number of hydrogen-bond donors (Lipinski definition) is 2. The van der Waals surface area contributed by atoms with Gasteiger partial charge in [-0.1, -0.05) is 20.8 Å². The maximum atomic E-state index is 13.5. The van der Waals surface area contributed by atoms with Gasteiger partial charge in [0.05, 0.1) is 11.6 Å². The van der Waals surface area contributed by atoms with Crippen LogP contribution in [0.2, 0.25) is 18.1 Å². The highest BCUT2D eigenvalue weighted by Gasteiger charge is 2.39. The van der Waals surface area contributed by atoms with Crippen molar-refractivity contribution in [1.82, 2.24) is 10.2 Å². The Bertz CT molecular complexity index is 1440. The van der Waals surface area contributed by atoms with E-state index in [9.17, 15) is 19.2 Å². The molecule has 2 aromatic rings. The number of carbonyl (C=O) groups excluding carboxylic acids is 4. The van der Waals surface area contributed by atoms with Crippen molar-refractivity contribution in [3.8, 4) is 5.75 Å².